The van der Waals surface area contributed by atoms with Gasteiger partial charge in [0.05, 0.1) is 16.1 Å². The zero-order chi connectivity index (χ0) is 22.4. The largest absolute Gasteiger partial charge is 0.490 e. The first-order valence-corrected chi connectivity index (χ1v) is 11.9. The van der Waals surface area contributed by atoms with Crippen LogP contribution >= 0.6 is 11.3 Å². The van der Waals surface area contributed by atoms with E-state index in [4.69, 9.17) is 4.74 Å². The minimum Gasteiger partial charge on any atom is -0.490 e. The van der Waals surface area contributed by atoms with Gasteiger partial charge >= 0.3 is 0 Å². The Labute approximate surface area is 191 Å². The summed E-state index contributed by atoms with van der Waals surface area (Å²) in [4.78, 5) is 20.8. The number of nitrogens with zero attached hydrogens (tertiary/aromatic N) is 3. The molecular formula is C25H27N3O3S. The highest BCUT2D eigenvalue weighted by molar-refractivity contribution is 7.19. The third-order valence-corrected chi connectivity index (χ3v) is 7.66. The molecule has 0 aliphatic carbocycles. The Morgan fingerprint density at radius 2 is 2.00 bits per heavy atom. The Balaban J connectivity index is 1.39. The number of piperidine rings is 1. The van der Waals surface area contributed by atoms with Crippen LogP contribution in [0.1, 0.15) is 43.0 Å². The molecule has 1 N–H and O–H groups in total. The summed E-state index contributed by atoms with van der Waals surface area (Å²) in [7, 11) is 2.23. The minimum atomic E-state index is -0.710. The summed E-state index contributed by atoms with van der Waals surface area (Å²) >= 11 is 1.30. The third-order valence-electron chi connectivity index (χ3n) is 6.63. The van der Waals surface area contributed by atoms with Crippen LogP contribution in [-0.2, 0) is 0 Å². The Bertz CT molecular complexity index is 1270. The fraction of sp³-hybridized carbons (Fsp3) is 0.440. The van der Waals surface area contributed by atoms with E-state index >= 15 is 0 Å². The van der Waals surface area contributed by atoms with Gasteiger partial charge in [-0.25, -0.2) is 4.98 Å². The number of fused-ring (bicyclic) bond motifs is 3. The zero-order valence-electron chi connectivity index (χ0n) is 18.5. The molecule has 0 amide bonds. The lowest BCUT2D eigenvalue weighted by atomic mass is 10.0. The van der Waals surface area contributed by atoms with Gasteiger partial charge in [0.15, 0.2) is 0 Å². The molecule has 2 saturated heterocycles. The number of hydrogen-bond acceptors (Lipinski definition) is 6. The number of thiophene rings is 1. The smallest absolute Gasteiger partial charge is 0.275 e. The second-order valence-corrected chi connectivity index (χ2v) is 9.95. The number of aryl methyl sites for hydroxylation is 1. The number of aliphatic hydroxyl groups excluding tert-OH is 1. The van der Waals surface area contributed by atoms with Crippen LogP contribution in [0, 0.1) is 18.8 Å². The lowest BCUT2D eigenvalue weighted by Crippen LogP contribution is -2.43. The molecule has 2 unspecified atom stereocenters. The molecule has 7 heteroatoms. The number of rotatable bonds is 3. The van der Waals surface area contributed by atoms with Crippen LogP contribution in [0.15, 0.2) is 35.4 Å². The number of hydrogen-bond donors (Lipinski definition) is 1. The molecule has 2 aromatic heterocycles. The highest BCUT2D eigenvalue weighted by Gasteiger charge is 2.39. The van der Waals surface area contributed by atoms with E-state index in [1.807, 2.05) is 25.1 Å². The summed E-state index contributed by atoms with van der Waals surface area (Å²) in [5.74, 6) is 6.50. The topological polar surface area (TPSA) is 67.6 Å². The average Bonchev–Trinajstić information content (AvgIpc) is 3.25. The van der Waals surface area contributed by atoms with Gasteiger partial charge in [0, 0.05) is 12.1 Å². The first-order valence-electron chi connectivity index (χ1n) is 11.1. The molecule has 4 atom stereocenters. The quantitative estimate of drug-likeness (QED) is 0.620. The van der Waals surface area contributed by atoms with Crippen molar-refractivity contribution in [1.82, 2.24) is 14.5 Å². The van der Waals surface area contributed by atoms with Crippen molar-refractivity contribution in [3.8, 4) is 23.3 Å². The molecule has 3 aromatic rings. The normalized spacial score (nSPS) is 23.7. The molecule has 4 heterocycles. The monoisotopic (exact) mass is 449 g/mol. The second kappa shape index (κ2) is 8.36. The van der Waals surface area contributed by atoms with Crippen LogP contribution in [0.3, 0.4) is 0 Å². The van der Waals surface area contributed by atoms with Crippen molar-refractivity contribution in [3.05, 3.63) is 51.4 Å². The number of benzene rings is 1. The second-order valence-electron chi connectivity index (χ2n) is 8.90. The van der Waals surface area contributed by atoms with E-state index in [0.717, 1.165) is 34.7 Å². The molecule has 2 aliphatic rings. The maximum Gasteiger partial charge on any atom is 0.275 e. The van der Waals surface area contributed by atoms with E-state index in [2.05, 4.69) is 28.8 Å². The van der Waals surface area contributed by atoms with E-state index in [9.17, 15) is 9.90 Å². The average molecular weight is 450 g/mol. The number of ether oxygens (including phenoxy) is 1. The summed E-state index contributed by atoms with van der Waals surface area (Å²) in [5.41, 5.74) is 2.28. The standard InChI is InChI=1S/C25H27N3O3S/c1-15-10-19(7-9-23(15)31-20-11-17-5-6-18(12-20)27(17)3)28-14-26-22-13-21(8-4-16(2)29)32-24(22)25(28)30/h7,9-10,13-14,16-18,20,29H,5-6,11-12H2,1-3H3/t16?,17-,18+,20?. The lowest BCUT2D eigenvalue weighted by Gasteiger charge is -2.36. The number of aromatic nitrogens is 2. The number of aliphatic hydroxyl groups is 1. The Morgan fingerprint density at radius 1 is 1.25 bits per heavy atom. The van der Waals surface area contributed by atoms with Crippen LogP contribution in [0.5, 0.6) is 5.75 Å². The Morgan fingerprint density at radius 3 is 2.69 bits per heavy atom. The van der Waals surface area contributed by atoms with Crippen molar-refractivity contribution >= 4 is 21.6 Å². The molecule has 1 aromatic carbocycles. The van der Waals surface area contributed by atoms with Crippen molar-refractivity contribution in [3.63, 3.8) is 0 Å². The maximum absolute atomic E-state index is 13.1. The molecule has 0 radical (unpaired) electrons. The molecule has 6 nitrogen and oxygen atoms in total. The molecular weight excluding hydrogens is 422 g/mol. The van der Waals surface area contributed by atoms with Crippen LogP contribution < -0.4 is 10.3 Å². The third kappa shape index (κ3) is 3.95. The highest BCUT2D eigenvalue weighted by Crippen LogP contribution is 2.36. The zero-order valence-corrected chi connectivity index (χ0v) is 19.4. The van der Waals surface area contributed by atoms with Gasteiger partial charge in [0.25, 0.3) is 5.56 Å². The summed E-state index contributed by atoms with van der Waals surface area (Å²) in [6.45, 7) is 3.63. The fourth-order valence-electron chi connectivity index (χ4n) is 4.89. The van der Waals surface area contributed by atoms with Crippen LogP contribution in [0.2, 0.25) is 0 Å². The van der Waals surface area contributed by atoms with Crippen molar-refractivity contribution < 1.29 is 9.84 Å². The molecule has 2 bridgehead atoms. The van der Waals surface area contributed by atoms with E-state index in [1.54, 1.807) is 23.9 Å². The molecule has 32 heavy (non-hydrogen) atoms. The van der Waals surface area contributed by atoms with Gasteiger partial charge in [-0.1, -0.05) is 11.8 Å². The van der Waals surface area contributed by atoms with E-state index in [0.29, 0.717) is 22.3 Å². The fourth-order valence-corrected chi connectivity index (χ4v) is 5.79. The summed E-state index contributed by atoms with van der Waals surface area (Å²) in [6, 6.07) is 8.93. The predicted molar refractivity (Wildman–Crippen MR) is 127 cm³/mol. The summed E-state index contributed by atoms with van der Waals surface area (Å²) in [5, 5.41) is 9.37. The lowest BCUT2D eigenvalue weighted by molar-refractivity contribution is 0.0657. The van der Waals surface area contributed by atoms with Crippen molar-refractivity contribution in [2.24, 2.45) is 0 Å². The maximum atomic E-state index is 13.1. The minimum absolute atomic E-state index is 0.120. The highest BCUT2D eigenvalue weighted by atomic mass is 32.1. The molecule has 5 rings (SSSR count). The predicted octanol–water partition coefficient (Wildman–Crippen LogP) is 3.49. The summed E-state index contributed by atoms with van der Waals surface area (Å²) in [6.07, 6.45) is 5.80. The van der Waals surface area contributed by atoms with Gasteiger partial charge in [-0.15, -0.1) is 11.3 Å². The van der Waals surface area contributed by atoms with Crippen LogP contribution in [0.4, 0.5) is 0 Å². The molecule has 2 aliphatic heterocycles. The first kappa shape index (κ1) is 21.2. The summed E-state index contributed by atoms with van der Waals surface area (Å²) < 4.78 is 8.52. The SMILES string of the molecule is Cc1cc(-n2cnc3cc(C#CC(C)O)sc3c2=O)ccc1OC1C[C@H]2CC[C@@H](C1)N2C. The molecule has 2 fully saturated rings. The van der Waals surface area contributed by atoms with E-state index in [-0.39, 0.29) is 11.7 Å². The van der Waals surface area contributed by atoms with Gasteiger partial charge in [-0.2, -0.15) is 0 Å². The van der Waals surface area contributed by atoms with Gasteiger partial charge in [-0.05, 0) is 76.4 Å². The molecule has 0 spiro atoms. The van der Waals surface area contributed by atoms with Crippen molar-refractivity contribution in [1.29, 1.82) is 0 Å². The van der Waals surface area contributed by atoms with Crippen molar-refractivity contribution in [2.45, 2.75) is 63.8 Å². The van der Waals surface area contributed by atoms with E-state index < -0.39 is 6.10 Å². The molecule has 0 saturated carbocycles. The van der Waals surface area contributed by atoms with E-state index in [1.165, 1.54) is 24.2 Å². The van der Waals surface area contributed by atoms with Gasteiger partial charge < -0.3 is 14.7 Å². The van der Waals surface area contributed by atoms with Gasteiger partial charge in [0.2, 0.25) is 0 Å². The van der Waals surface area contributed by atoms with Crippen LogP contribution in [0.25, 0.3) is 15.9 Å². The van der Waals surface area contributed by atoms with Gasteiger partial charge in [0.1, 0.15) is 29.0 Å². The van der Waals surface area contributed by atoms with Crippen LogP contribution in [-0.4, -0.2) is 50.9 Å². The first-order chi connectivity index (χ1) is 15.4. The molecule has 166 valence electrons. The Kier molecular flexibility index (Phi) is 5.54. The Hall–Kier alpha value is -2.66. The van der Waals surface area contributed by atoms with Crippen molar-refractivity contribution in [2.75, 3.05) is 7.05 Å². The van der Waals surface area contributed by atoms with Gasteiger partial charge in [-0.3, -0.25) is 9.36 Å².